The lowest BCUT2D eigenvalue weighted by Gasteiger charge is -2.14. The Morgan fingerprint density at radius 1 is 1.04 bits per heavy atom. The number of hydrogen-bond acceptors (Lipinski definition) is 5. The van der Waals surface area contributed by atoms with Gasteiger partial charge >= 0.3 is 0 Å². The molecule has 0 aromatic heterocycles. The van der Waals surface area contributed by atoms with E-state index in [0.717, 1.165) is 0 Å². The first-order valence-electron chi connectivity index (χ1n) is 7.72. The average molecular weight is 357 g/mol. The van der Waals surface area contributed by atoms with Crippen molar-refractivity contribution in [3.8, 4) is 11.5 Å². The number of ketones is 1. The van der Waals surface area contributed by atoms with Crippen LogP contribution in [-0.4, -0.2) is 31.0 Å². The zero-order valence-corrected chi connectivity index (χ0v) is 14.1. The number of methoxy groups -OCH3 is 2. The van der Waals surface area contributed by atoms with E-state index in [1.165, 1.54) is 44.6 Å². The maximum absolute atomic E-state index is 13.2. The molecule has 26 heavy (non-hydrogen) atoms. The first-order chi connectivity index (χ1) is 12.5. The fourth-order valence-corrected chi connectivity index (χ4v) is 2.81. The molecule has 0 unspecified atom stereocenters. The van der Waals surface area contributed by atoms with E-state index < -0.39 is 23.5 Å². The summed E-state index contributed by atoms with van der Waals surface area (Å²) in [5.74, 6) is -1.66. The molecule has 7 heteroatoms. The Kier molecular flexibility index (Phi) is 4.62. The molecule has 1 fully saturated rings. The predicted molar refractivity (Wildman–Crippen MR) is 91.4 cm³/mol. The van der Waals surface area contributed by atoms with Crippen LogP contribution in [0.2, 0.25) is 0 Å². The first-order valence-corrected chi connectivity index (χ1v) is 7.72. The number of rotatable bonds is 4. The van der Waals surface area contributed by atoms with Gasteiger partial charge in [0.15, 0.2) is 11.5 Å². The van der Waals surface area contributed by atoms with Gasteiger partial charge in [-0.3, -0.25) is 9.59 Å². The Labute approximate surface area is 148 Å². The van der Waals surface area contributed by atoms with Crippen molar-refractivity contribution in [2.24, 2.45) is 0 Å². The molecule has 1 saturated heterocycles. The smallest absolute Gasteiger partial charge is 0.293 e. The first kappa shape index (κ1) is 17.5. The highest BCUT2D eigenvalue weighted by Crippen LogP contribution is 2.35. The molecule has 1 amide bonds. The molecule has 2 aromatic carbocycles. The summed E-state index contributed by atoms with van der Waals surface area (Å²) in [5, 5.41) is 13.2. The van der Waals surface area contributed by atoms with Gasteiger partial charge in [0, 0.05) is 5.56 Å². The number of carbonyl (C=O) groups excluding carboxylic acids is 2. The lowest BCUT2D eigenvalue weighted by Crippen LogP contribution is -2.21. The van der Waals surface area contributed by atoms with Crippen LogP contribution >= 0.6 is 0 Å². The Bertz CT molecular complexity index is 905. The molecule has 0 bridgehead atoms. The highest BCUT2D eigenvalue weighted by molar-refractivity contribution is 6.46. The van der Waals surface area contributed by atoms with E-state index in [2.05, 4.69) is 5.32 Å². The second-order valence-corrected chi connectivity index (χ2v) is 5.62. The van der Waals surface area contributed by atoms with E-state index in [1.807, 2.05) is 0 Å². The van der Waals surface area contributed by atoms with E-state index in [0.29, 0.717) is 17.1 Å². The summed E-state index contributed by atoms with van der Waals surface area (Å²) in [4.78, 5) is 24.2. The fraction of sp³-hybridized carbons (Fsp3) is 0.158. The summed E-state index contributed by atoms with van der Waals surface area (Å²) in [6, 6.07) is 9.07. The van der Waals surface area contributed by atoms with Crippen molar-refractivity contribution in [2.45, 2.75) is 6.04 Å². The van der Waals surface area contributed by atoms with E-state index >= 15 is 0 Å². The lowest BCUT2D eigenvalue weighted by molar-refractivity contribution is -0.133. The summed E-state index contributed by atoms with van der Waals surface area (Å²) in [6.07, 6.45) is 0. The van der Waals surface area contributed by atoms with Crippen molar-refractivity contribution in [3.05, 3.63) is 65.0 Å². The third-order valence-corrected chi connectivity index (χ3v) is 4.13. The van der Waals surface area contributed by atoms with Crippen LogP contribution in [-0.2, 0) is 9.59 Å². The minimum Gasteiger partial charge on any atom is -0.507 e. The van der Waals surface area contributed by atoms with Gasteiger partial charge in [0.25, 0.3) is 11.7 Å². The van der Waals surface area contributed by atoms with Crippen molar-refractivity contribution in [3.63, 3.8) is 0 Å². The van der Waals surface area contributed by atoms with Gasteiger partial charge < -0.3 is 19.9 Å². The standard InChI is InChI=1S/C19H16FNO5/c1-25-13-8-5-11(9-14(13)26-2)17(22)15-16(21-19(24)18(15)23)10-3-6-12(20)7-4-10/h3-9,16,22H,1-2H3,(H,21,24)/t16-/m0/s1. The summed E-state index contributed by atoms with van der Waals surface area (Å²) in [7, 11) is 2.92. The molecule has 134 valence electrons. The molecule has 0 saturated carbocycles. The molecule has 6 nitrogen and oxygen atoms in total. The molecule has 1 aliphatic heterocycles. The minimum absolute atomic E-state index is 0.103. The van der Waals surface area contributed by atoms with E-state index in [4.69, 9.17) is 9.47 Å². The number of Topliss-reactive ketones (excluding diaryl/α,β-unsaturated/α-hetero) is 1. The topological polar surface area (TPSA) is 84.9 Å². The molecule has 1 aliphatic rings. The number of aliphatic hydroxyl groups is 1. The van der Waals surface area contributed by atoms with Crippen LogP contribution in [0.25, 0.3) is 5.76 Å². The van der Waals surface area contributed by atoms with E-state index in [-0.39, 0.29) is 16.9 Å². The van der Waals surface area contributed by atoms with Gasteiger partial charge in [0.2, 0.25) is 0 Å². The number of hydrogen-bond donors (Lipinski definition) is 2. The summed E-state index contributed by atoms with van der Waals surface area (Å²) in [5.41, 5.74) is 0.663. The SMILES string of the molecule is COc1ccc(C(O)=C2C(=O)C(=O)N[C@H]2c2ccc(F)cc2)cc1OC. The zero-order chi connectivity index (χ0) is 18.8. The lowest BCUT2D eigenvalue weighted by atomic mass is 9.95. The highest BCUT2D eigenvalue weighted by Gasteiger charge is 2.39. The third-order valence-electron chi connectivity index (χ3n) is 4.13. The Balaban J connectivity index is 2.11. The highest BCUT2D eigenvalue weighted by atomic mass is 19.1. The Morgan fingerprint density at radius 2 is 1.69 bits per heavy atom. The van der Waals surface area contributed by atoms with Gasteiger partial charge in [-0.2, -0.15) is 0 Å². The minimum atomic E-state index is -0.872. The molecule has 0 spiro atoms. The second-order valence-electron chi connectivity index (χ2n) is 5.62. The number of aliphatic hydroxyl groups excluding tert-OH is 1. The molecule has 2 aromatic rings. The Morgan fingerprint density at radius 3 is 2.31 bits per heavy atom. The van der Waals surface area contributed by atoms with Crippen molar-refractivity contribution in [1.29, 1.82) is 0 Å². The maximum Gasteiger partial charge on any atom is 0.293 e. The maximum atomic E-state index is 13.2. The van der Waals surface area contributed by atoms with Gasteiger partial charge in [0.05, 0.1) is 25.8 Å². The Hall–Kier alpha value is -3.35. The van der Waals surface area contributed by atoms with Crippen molar-refractivity contribution < 1.29 is 28.6 Å². The largest absolute Gasteiger partial charge is 0.507 e. The van der Waals surface area contributed by atoms with E-state index in [9.17, 15) is 19.1 Å². The van der Waals surface area contributed by atoms with Gasteiger partial charge in [-0.05, 0) is 35.9 Å². The van der Waals surface area contributed by atoms with Gasteiger partial charge in [0.1, 0.15) is 11.6 Å². The number of halogens is 1. The molecule has 3 rings (SSSR count). The zero-order valence-electron chi connectivity index (χ0n) is 14.1. The summed E-state index contributed by atoms with van der Waals surface area (Å²) >= 11 is 0. The quantitative estimate of drug-likeness (QED) is 0.499. The normalized spacial score (nSPS) is 18.5. The molecule has 2 N–H and O–H groups in total. The monoisotopic (exact) mass is 357 g/mol. The van der Waals surface area contributed by atoms with E-state index in [1.54, 1.807) is 12.1 Å². The van der Waals surface area contributed by atoms with Crippen molar-refractivity contribution in [1.82, 2.24) is 5.32 Å². The van der Waals surface area contributed by atoms with Crippen LogP contribution < -0.4 is 14.8 Å². The van der Waals surface area contributed by atoms with Crippen LogP contribution in [0.5, 0.6) is 11.5 Å². The van der Waals surface area contributed by atoms with Crippen molar-refractivity contribution in [2.75, 3.05) is 14.2 Å². The second kappa shape index (κ2) is 6.87. The molecular formula is C19H16FNO5. The fourth-order valence-electron chi connectivity index (χ4n) is 2.81. The van der Waals surface area contributed by atoms with Crippen LogP contribution in [0.3, 0.4) is 0 Å². The van der Waals surface area contributed by atoms with Crippen LogP contribution in [0.1, 0.15) is 17.2 Å². The number of nitrogens with one attached hydrogen (secondary N) is 1. The number of carbonyl (C=O) groups is 2. The molecule has 1 atom stereocenters. The average Bonchev–Trinajstić information content (AvgIpc) is 2.96. The number of amides is 1. The molecule has 0 aliphatic carbocycles. The molecule has 1 heterocycles. The van der Waals surface area contributed by atoms with Gasteiger partial charge in [-0.1, -0.05) is 12.1 Å². The molecule has 0 radical (unpaired) electrons. The van der Waals surface area contributed by atoms with Crippen LogP contribution in [0.15, 0.2) is 48.0 Å². The predicted octanol–water partition coefficient (Wildman–Crippen LogP) is 2.55. The number of ether oxygens (including phenoxy) is 2. The number of benzene rings is 2. The van der Waals surface area contributed by atoms with Crippen LogP contribution in [0, 0.1) is 5.82 Å². The van der Waals surface area contributed by atoms with Crippen molar-refractivity contribution >= 4 is 17.4 Å². The summed E-state index contributed by atoms with van der Waals surface area (Å²) < 4.78 is 23.5. The van der Waals surface area contributed by atoms with Gasteiger partial charge in [-0.15, -0.1) is 0 Å². The third kappa shape index (κ3) is 2.99. The van der Waals surface area contributed by atoms with Gasteiger partial charge in [-0.25, -0.2) is 4.39 Å². The van der Waals surface area contributed by atoms with Crippen LogP contribution in [0.4, 0.5) is 4.39 Å². The summed E-state index contributed by atoms with van der Waals surface area (Å²) in [6.45, 7) is 0. The molecular weight excluding hydrogens is 341 g/mol.